The van der Waals surface area contributed by atoms with Crippen LogP contribution in [0, 0.1) is 0 Å². The molecule has 20 heavy (non-hydrogen) atoms. The van der Waals surface area contributed by atoms with Crippen LogP contribution < -0.4 is 0 Å². The van der Waals surface area contributed by atoms with Crippen LogP contribution in [0.4, 0.5) is 9.59 Å². The van der Waals surface area contributed by atoms with E-state index in [1.165, 1.54) is 30.8 Å². The summed E-state index contributed by atoms with van der Waals surface area (Å²) in [4.78, 5) is 52.8. The van der Waals surface area contributed by atoms with Crippen molar-refractivity contribution in [2.45, 2.75) is 32.5 Å². The quantitative estimate of drug-likeness (QED) is 0.662. The van der Waals surface area contributed by atoms with Crippen molar-refractivity contribution in [3.63, 3.8) is 0 Å². The molecule has 0 radical (unpaired) electrons. The van der Waals surface area contributed by atoms with Crippen molar-refractivity contribution in [3.8, 4) is 0 Å². The molecule has 0 aromatic heterocycles. The van der Waals surface area contributed by atoms with Crippen LogP contribution in [-0.2, 0) is 9.59 Å². The lowest BCUT2D eigenvalue weighted by molar-refractivity contribution is -0.137. The minimum Gasteiger partial charge on any atom is -0.318 e. The highest BCUT2D eigenvalue weighted by Gasteiger charge is 2.54. The normalized spacial score (nSPS) is 24.2. The van der Waals surface area contributed by atoms with Crippen molar-refractivity contribution in [3.05, 3.63) is 0 Å². The molecule has 0 aliphatic carbocycles. The number of imide groups is 2. The lowest BCUT2D eigenvalue weighted by Gasteiger charge is -2.28. The standard InChI is InChI=1S/C12H18N4O4/c1-7(15-8(17)6-13(4)10(15)19)16-9(18)12(2,3)14(5)11(16)20/h7H,6H2,1-5H3. The van der Waals surface area contributed by atoms with Gasteiger partial charge >= 0.3 is 12.1 Å². The van der Waals surface area contributed by atoms with Gasteiger partial charge in [0.25, 0.3) is 11.8 Å². The molecule has 2 aliphatic rings. The van der Waals surface area contributed by atoms with E-state index in [0.29, 0.717) is 0 Å². The van der Waals surface area contributed by atoms with E-state index in [9.17, 15) is 19.2 Å². The van der Waals surface area contributed by atoms with Gasteiger partial charge in [-0.2, -0.15) is 0 Å². The summed E-state index contributed by atoms with van der Waals surface area (Å²) in [5, 5.41) is 0. The fourth-order valence-corrected chi connectivity index (χ4v) is 2.38. The summed E-state index contributed by atoms with van der Waals surface area (Å²) in [7, 11) is 3.02. The zero-order valence-electron chi connectivity index (χ0n) is 12.2. The maximum atomic E-state index is 12.3. The number of hydrogen-bond acceptors (Lipinski definition) is 4. The summed E-state index contributed by atoms with van der Waals surface area (Å²) < 4.78 is 0. The Morgan fingerprint density at radius 3 is 1.90 bits per heavy atom. The van der Waals surface area contributed by atoms with Gasteiger partial charge in [0, 0.05) is 14.1 Å². The topological polar surface area (TPSA) is 81.2 Å². The second-order valence-electron chi connectivity index (χ2n) is 5.61. The minimum absolute atomic E-state index is 0.0430. The Balaban J connectivity index is 2.33. The molecule has 8 heteroatoms. The zero-order chi connectivity index (χ0) is 15.4. The van der Waals surface area contributed by atoms with Crippen LogP contribution in [0.25, 0.3) is 0 Å². The molecule has 2 saturated heterocycles. The van der Waals surface area contributed by atoms with Gasteiger partial charge in [-0.3, -0.25) is 9.59 Å². The van der Waals surface area contributed by atoms with Crippen LogP contribution in [0.15, 0.2) is 0 Å². The monoisotopic (exact) mass is 282 g/mol. The van der Waals surface area contributed by atoms with Gasteiger partial charge in [0.2, 0.25) is 0 Å². The molecule has 6 amide bonds. The first kappa shape index (κ1) is 14.3. The van der Waals surface area contributed by atoms with E-state index in [1.807, 2.05) is 0 Å². The van der Waals surface area contributed by atoms with E-state index in [0.717, 1.165) is 9.80 Å². The van der Waals surface area contributed by atoms with Crippen molar-refractivity contribution >= 4 is 23.9 Å². The maximum Gasteiger partial charge on any atom is 0.329 e. The van der Waals surface area contributed by atoms with Crippen molar-refractivity contribution in [1.29, 1.82) is 0 Å². The molecule has 2 heterocycles. The first-order valence-corrected chi connectivity index (χ1v) is 6.29. The number of carbonyl (C=O) groups is 4. The largest absolute Gasteiger partial charge is 0.329 e. The number of nitrogens with zero attached hydrogens (tertiary/aromatic N) is 4. The summed E-state index contributed by atoms with van der Waals surface area (Å²) in [5.74, 6) is -0.842. The molecule has 0 aromatic rings. The van der Waals surface area contributed by atoms with Crippen molar-refractivity contribution < 1.29 is 19.2 Å². The molecule has 0 saturated carbocycles. The molecule has 110 valence electrons. The first-order chi connectivity index (χ1) is 9.10. The third-order valence-electron chi connectivity index (χ3n) is 3.99. The second kappa shape index (κ2) is 4.19. The van der Waals surface area contributed by atoms with Gasteiger partial charge in [-0.25, -0.2) is 19.4 Å². The molecule has 0 spiro atoms. The Kier molecular flexibility index (Phi) is 2.99. The van der Waals surface area contributed by atoms with E-state index in [2.05, 4.69) is 0 Å². The van der Waals surface area contributed by atoms with Crippen LogP contribution in [0.2, 0.25) is 0 Å². The maximum absolute atomic E-state index is 12.3. The molecule has 2 aliphatic heterocycles. The summed E-state index contributed by atoms with van der Waals surface area (Å²) in [6.07, 6.45) is -0.927. The first-order valence-electron chi connectivity index (χ1n) is 6.29. The molecule has 1 atom stereocenters. The van der Waals surface area contributed by atoms with E-state index >= 15 is 0 Å². The number of hydrogen-bond donors (Lipinski definition) is 0. The highest BCUT2D eigenvalue weighted by atomic mass is 16.2. The van der Waals surface area contributed by atoms with Crippen LogP contribution in [-0.4, -0.2) is 75.8 Å². The second-order valence-corrected chi connectivity index (χ2v) is 5.61. The minimum atomic E-state index is -0.983. The molecule has 8 nitrogen and oxygen atoms in total. The van der Waals surface area contributed by atoms with E-state index < -0.39 is 35.6 Å². The van der Waals surface area contributed by atoms with Gasteiger partial charge in [-0.15, -0.1) is 0 Å². The number of urea groups is 2. The average molecular weight is 282 g/mol. The molecule has 2 rings (SSSR count). The Labute approximate surface area is 116 Å². The smallest absolute Gasteiger partial charge is 0.318 e. The molecule has 0 N–H and O–H groups in total. The van der Waals surface area contributed by atoms with E-state index in [-0.39, 0.29) is 6.54 Å². The highest BCUT2D eigenvalue weighted by molar-refractivity contribution is 6.08. The van der Waals surface area contributed by atoms with Gasteiger partial charge in [-0.1, -0.05) is 0 Å². The third-order valence-corrected chi connectivity index (χ3v) is 3.99. The highest BCUT2D eigenvalue weighted by Crippen LogP contribution is 2.29. The molecule has 2 fully saturated rings. The summed E-state index contributed by atoms with van der Waals surface area (Å²) in [5.41, 5.74) is -0.983. The molecular formula is C12H18N4O4. The molecule has 1 unspecified atom stereocenters. The zero-order valence-corrected chi connectivity index (χ0v) is 12.2. The Bertz CT molecular complexity index is 516. The molecular weight excluding hydrogens is 264 g/mol. The number of carbonyl (C=O) groups excluding carboxylic acids is 4. The summed E-state index contributed by atoms with van der Waals surface area (Å²) in [6.45, 7) is 4.71. The average Bonchev–Trinajstić information content (AvgIpc) is 2.68. The van der Waals surface area contributed by atoms with Crippen molar-refractivity contribution in [1.82, 2.24) is 19.6 Å². The predicted molar refractivity (Wildman–Crippen MR) is 68.4 cm³/mol. The Morgan fingerprint density at radius 2 is 1.55 bits per heavy atom. The van der Waals surface area contributed by atoms with Crippen LogP contribution in [0.1, 0.15) is 20.8 Å². The van der Waals surface area contributed by atoms with E-state index in [4.69, 9.17) is 0 Å². The van der Waals surface area contributed by atoms with Gasteiger partial charge in [0.1, 0.15) is 18.2 Å². The fourth-order valence-electron chi connectivity index (χ4n) is 2.38. The van der Waals surface area contributed by atoms with Crippen molar-refractivity contribution in [2.75, 3.05) is 20.6 Å². The lowest BCUT2D eigenvalue weighted by Crippen LogP contribution is -2.52. The lowest BCUT2D eigenvalue weighted by atomic mass is 10.1. The third kappa shape index (κ3) is 1.67. The SMILES string of the molecule is CC(N1C(=O)CN(C)C1=O)N1C(=O)N(C)C(C)(C)C1=O. The number of rotatable bonds is 2. The number of likely N-dealkylation sites (N-methyl/N-ethyl adjacent to an activating group) is 2. The van der Waals surface area contributed by atoms with Crippen LogP contribution in [0.3, 0.4) is 0 Å². The summed E-state index contributed by atoms with van der Waals surface area (Å²) >= 11 is 0. The Morgan fingerprint density at radius 1 is 1.00 bits per heavy atom. The predicted octanol–water partition coefficient (Wildman–Crippen LogP) is -0.101. The van der Waals surface area contributed by atoms with Crippen LogP contribution in [0.5, 0.6) is 0 Å². The molecule has 0 bridgehead atoms. The van der Waals surface area contributed by atoms with E-state index in [1.54, 1.807) is 13.8 Å². The van der Waals surface area contributed by atoms with Gasteiger partial charge < -0.3 is 9.80 Å². The fraction of sp³-hybridized carbons (Fsp3) is 0.667. The van der Waals surface area contributed by atoms with Gasteiger partial charge in [-0.05, 0) is 20.8 Å². The van der Waals surface area contributed by atoms with Crippen LogP contribution >= 0.6 is 0 Å². The van der Waals surface area contributed by atoms with Gasteiger partial charge in [0.05, 0.1) is 0 Å². The molecule has 0 aromatic carbocycles. The summed E-state index contributed by atoms with van der Waals surface area (Å²) in [6, 6.07) is -1.02. The Hall–Kier alpha value is -2.12. The van der Waals surface area contributed by atoms with Gasteiger partial charge in [0.15, 0.2) is 0 Å². The van der Waals surface area contributed by atoms with Crippen molar-refractivity contribution in [2.24, 2.45) is 0 Å². The number of amides is 6.